The molecule has 0 spiro atoms. The van der Waals surface area contributed by atoms with Crippen molar-refractivity contribution in [3.05, 3.63) is 53.9 Å². The molecule has 0 saturated carbocycles. The second kappa shape index (κ2) is 6.40. The molecule has 3 aromatic heterocycles. The molecule has 4 heterocycles. The van der Waals surface area contributed by atoms with Crippen molar-refractivity contribution >= 4 is 0 Å². The Morgan fingerprint density at radius 1 is 1.29 bits per heavy atom. The number of hydrogen-bond acceptors (Lipinski definition) is 7. The highest BCUT2D eigenvalue weighted by Gasteiger charge is 2.27. The fourth-order valence-electron chi connectivity index (χ4n) is 2.96. The van der Waals surface area contributed by atoms with Crippen LogP contribution in [0.3, 0.4) is 0 Å². The van der Waals surface area contributed by atoms with Crippen molar-refractivity contribution in [1.82, 2.24) is 29.8 Å². The van der Waals surface area contributed by atoms with E-state index in [2.05, 4.69) is 25.1 Å². The smallest absolute Gasteiger partial charge is 0.316 e. The van der Waals surface area contributed by atoms with Crippen LogP contribution in [-0.2, 0) is 13.1 Å². The van der Waals surface area contributed by atoms with E-state index in [1.54, 1.807) is 18.5 Å². The Hall–Kier alpha value is -2.74. The largest absolute Gasteiger partial charge is 0.461 e. The van der Waals surface area contributed by atoms with Crippen molar-refractivity contribution in [2.45, 2.75) is 26.1 Å². The Labute approximate surface area is 139 Å². The molecule has 1 unspecified atom stereocenters. The third-order valence-corrected chi connectivity index (χ3v) is 3.96. The molecule has 0 aliphatic carbocycles. The summed E-state index contributed by atoms with van der Waals surface area (Å²) in [6.07, 6.45) is 5.16. The van der Waals surface area contributed by atoms with Gasteiger partial charge in [0.25, 0.3) is 0 Å². The van der Waals surface area contributed by atoms with Crippen molar-refractivity contribution in [3.8, 4) is 6.01 Å². The van der Waals surface area contributed by atoms with Crippen LogP contribution < -0.4 is 4.74 Å². The minimum Gasteiger partial charge on any atom is -0.461 e. The summed E-state index contributed by atoms with van der Waals surface area (Å²) in [7, 11) is 0. The van der Waals surface area contributed by atoms with Gasteiger partial charge >= 0.3 is 6.01 Å². The number of ether oxygens (including phenoxy) is 1. The van der Waals surface area contributed by atoms with Gasteiger partial charge in [-0.2, -0.15) is 5.10 Å². The van der Waals surface area contributed by atoms with Crippen molar-refractivity contribution < 1.29 is 9.26 Å². The lowest BCUT2D eigenvalue weighted by Gasteiger charge is -2.33. The van der Waals surface area contributed by atoms with Crippen molar-refractivity contribution in [2.75, 3.05) is 13.2 Å². The summed E-state index contributed by atoms with van der Waals surface area (Å²) < 4.78 is 12.9. The van der Waals surface area contributed by atoms with Gasteiger partial charge in [-0.15, -0.1) is 0 Å². The van der Waals surface area contributed by atoms with Crippen LogP contribution in [0, 0.1) is 6.92 Å². The molecule has 0 saturated heterocycles. The van der Waals surface area contributed by atoms with Crippen molar-refractivity contribution in [1.29, 1.82) is 0 Å². The van der Waals surface area contributed by atoms with E-state index in [1.807, 2.05) is 29.9 Å². The molecule has 4 rings (SSSR count). The normalized spacial score (nSPS) is 17.6. The maximum atomic E-state index is 5.73. The van der Waals surface area contributed by atoms with Gasteiger partial charge in [0.15, 0.2) is 0 Å². The van der Waals surface area contributed by atoms with Gasteiger partial charge < -0.3 is 9.26 Å². The molecule has 0 amide bonds. The minimum absolute atomic E-state index is 0.0977. The Morgan fingerprint density at radius 3 is 2.96 bits per heavy atom. The predicted octanol–water partition coefficient (Wildman–Crippen LogP) is 1.61. The molecular weight excluding hydrogens is 308 g/mol. The van der Waals surface area contributed by atoms with Crippen LogP contribution in [0.1, 0.15) is 23.2 Å². The molecule has 8 nitrogen and oxygen atoms in total. The van der Waals surface area contributed by atoms with Gasteiger partial charge in [-0.1, -0.05) is 5.16 Å². The fourth-order valence-corrected chi connectivity index (χ4v) is 2.96. The summed E-state index contributed by atoms with van der Waals surface area (Å²) in [4.78, 5) is 10.5. The minimum atomic E-state index is 0.0977. The second-order valence-electron chi connectivity index (χ2n) is 5.86. The number of fused-ring (bicyclic) bond motifs is 1. The number of aryl methyl sites for hydroxylation is 1. The third kappa shape index (κ3) is 3.13. The van der Waals surface area contributed by atoms with Gasteiger partial charge in [0.05, 0.1) is 17.4 Å². The van der Waals surface area contributed by atoms with Crippen LogP contribution in [0.25, 0.3) is 0 Å². The quantitative estimate of drug-likeness (QED) is 0.704. The zero-order chi connectivity index (χ0) is 16.4. The lowest BCUT2D eigenvalue weighted by Crippen LogP contribution is -2.39. The molecule has 1 aliphatic rings. The zero-order valence-electron chi connectivity index (χ0n) is 13.4. The van der Waals surface area contributed by atoms with Crippen LogP contribution in [0.4, 0.5) is 0 Å². The highest BCUT2D eigenvalue weighted by molar-refractivity contribution is 5.08. The molecule has 1 atom stereocenters. The van der Waals surface area contributed by atoms with Gasteiger partial charge in [-0.05, 0) is 19.1 Å². The first-order valence-electron chi connectivity index (χ1n) is 7.85. The van der Waals surface area contributed by atoms with E-state index in [0.29, 0.717) is 12.6 Å². The summed E-state index contributed by atoms with van der Waals surface area (Å²) in [5.41, 5.74) is 2.09. The summed E-state index contributed by atoms with van der Waals surface area (Å²) >= 11 is 0. The van der Waals surface area contributed by atoms with Gasteiger partial charge in [0, 0.05) is 44.3 Å². The monoisotopic (exact) mass is 326 g/mol. The Bertz CT molecular complexity index is 800. The maximum Gasteiger partial charge on any atom is 0.316 e. The summed E-state index contributed by atoms with van der Waals surface area (Å²) in [5, 5.41) is 8.51. The van der Waals surface area contributed by atoms with Crippen LogP contribution in [0.2, 0.25) is 0 Å². The van der Waals surface area contributed by atoms with Crippen LogP contribution >= 0.6 is 0 Å². The summed E-state index contributed by atoms with van der Waals surface area (Å²) in [6.45, 7) is 4.74. The molecule has 3 aromatic rings. The van der Waals surface area contributed by atoms with Crippen LogP contribution in [-0.4, -0.2) is 43.0 Å². The van der Waals surface area contributed by atoms with Crippen LogP contribution in [0.15, 0.2) is 41.3 Å². The molecule has 0 fully saturated rings. The highest BCUT2D eigenvalue weighted by Crippen LogP contribution is 2.22. The second-order valence-corrected chi connectivity index (χ2v) is 5.86. The van der Waals surface area contributed by atoms with E-state index >= 15 is 0 Å². The summed E-state index contributed by atoms with van der Waals surface area (Å²) in [5.74, 6) is 0.827. The van der Waals surface area contributed by atoms with E-state index in [4.69, 9.17) is 9.26 Å². The van der Waals surface area contributed by atoms with Crippen molar-refractivity contribution in [3.63, 3.8) is 0 Å². The standard InChI is InChI=1S/C16H18N6O2/c1-12-7-13(20-24-12)8-21-9-14-3-6-19-22(14)15(10-21)11-23-16-17-4-2-5-18-16/h2-7,15H,8-11H2,1H3. The van der Waals surface area contributed by atoms with E-state index in [1.165, 1.54) is 0 Å². The van der Waals surface area contributed by atoms with E-state index in [-0.39, 0.29) is 6.04 Å². The molecular formula is C16H18N6O2. The average molecular weight is 326 g/mol. The molecule has 24 heavy (non-hydrogen) atoms. The van der Waals surface area contributed by atoms with Gasteiger partial charge in [-0.25, -0.2) is 9.97 Å². The van der Waals surface area contributed by atoms with E-state index < -0.39 is 0 Å². The van der Waals surface area contributed by atoms with Crippen LogP contribution in [0.5, 0.6) is 6.01 Å². The Morgan fingerprint density at radius 2 is 2.17 bits per heavy atom. The third-order valence-electron chi connectivity index (χ3n) is 3.96. The fraction of sp³-hybridized carbons (Fsp3) is 0.375. The maximum absolute atomic E-state index is 5.73. The predicted molar refractivity (Wildman–Crippen MR) is 84.1 cm³/mol. The zero-order valence-corrected chi connectivity index (χ0v) is 13.4. The highest BCUT2D eigenvalue weighted by atomic mass is 16.5. The molecule has 8 heteroatoms. The molecule has 0 radical (unpaired) electrons. The lowest BCUT2D eigenvalue weighted by molar-refractivity contribution is 0.121. The lowest BCUT2D eigenvalue weighted by atomic mass is 10.2. The Kier molecular flexibility index (Phi) is 3.96. The first-order valence-corrected chi connectivity index (χ1v) is 7.85. The number of aromatic nitrogens is 5. The van der Waals surface area contributed by atoms with E-state index in [0.717, 1.165) is 36.8 Å². The number of nitrogens with zero attached hydrogens (tertiary/aromatic N) is 6. The first kappa shape index (κ1) is 14.8. The van der Waals surface area contributed by atoms with Gasteiger partial charge in [0.2, 0.25) is 0 Å². The SMILES string of the molecule is Cc1cc(CN2Cc3ccnn3C(COc3ncccn3)C2)no1. The topological polar surface area (TPSA) is 82.1 Å². The summed E-state index contributed by atoms with van der Waals surface area (Å²) in [6, 6.07) is 6.25. The number of rotatable bonds is 5. The molecule has 0 aromatic carbocycles. The number of hydrogen-bond donors (Lipinski definition) is 0. The Balaban J connectivity index is 1.46. The molecule has 0 bridgehead atoms. The average Bonchev–Trinajstić information content (AvgIpc) is 3.22. The van der Waals surface area contributed by atoms with E-state index in [9.17, 15) is 0 Å². The van der Waals surface area contributed by atoms with Gasteiger partial charge in [0.1, 0.15) is 12.4 Å². The molecule has 124 valence electrons. The molecule has 1 aliphatic heterocycles. The molecule has 0 N–H and O–H groups in total. The van der Waals surface area contributed by atoms with Gasteiger partial charge in [-0.3, -0.25) is 9.58 Å². The van der Waals surface area contributed by atoms with Crippen molar-refractivity contribution in [2.24, 2.45) is 0 Å². The first-order chi connectivity index (χ1) is 11.8.